The van der Waals surface area contributed by atoms with Gasteiger partial charge in [-0.25, -0.2) is 8.42 Å². The van der Waals surface area contributed by atoms with Crippen LogP contribution in [0.2, 0.25) is 0 Å². The van der Waals surface area contributed by atoms with E-state index in [1.807, 2.05) is 31.2 Å². The zero-order valence-electron chi connectivity index (χ0n) is 22.8. The van der Waals surface area contributed by atoms with Crippen molar-refractivity contribution in [1.29, 1.82) is 0 Å². The minimum absolute atomic E-state index is 0.105. The molecule has 7 heteroatoms. The Kier molecular flexibility index (Phi) is 7.91. The van der Waals surface area contributed by atoms with Crippen LogP contribution in [0, 0.1) is 13.8 Å². The van der Waals surface area contributed by atoms with Crippen molar-refractivity contribution in [2.24, 2.45) is 0 Å². The number of sulfonamides is 1. The van der Waals surface area contributed by atoms with Gasteiger partial charge in [0.25, 0.3) is 0 Å². The summed E-state index contributed by atoms with van der Waals surface area (Å²) in [7, 11) is -0.136. The van der Waals surface area contributed by atoms with Crippen LogP contribution < -0.4 is 4.74 Å². The van der Waals surface area contributed by atoms with Gasteiger partial charge < -0.3 is 9.47 Å². The largest absolute Gasteiger partial charge is 0.496 e. The van der Waals surface area contributed by atoms with Crippen molar-refractivity contribution in [2.75, 3.05) is 40.5 Å². The topological polar surface area (TPSA) is 59.1 Å². The minimum Gasteiger partial charge on any atom is -0.496 e. The zero-order valence-corrected chi connectivity index (χ0v) is 23.6. The van der Waals surface area contributed by atoms with Gasteiger partial charge in [-0.3, -0.25) is 4.90 Å². The van der Waals surface area contributed by atoms with Gasteiger partial charge in [-0.15, -0.1) is 0 Å². The molecule has 0 spiro atoms. The molecular formula is C31H38N2O4S. The third-order valence-corrected chi connectivity index (χ3v) is 10.2. The van der Waals surface area contributed by atoms with Crippen molar-refractivity contribution in [3.8, 4) is 16.9 Å². The Balaban J connectivity index is 1.46. The maximum atomic E-state index is 13.8. The van der Waals surface area contributed by atoms with E-state index in [0.717, 1.165) is 41.8 Å². The van der Waals surface area contributed by atoms with Gasteiger partial charge in [0, 0.05) is 43.8 Å². The molecule has 0 N–H and O–H groups in total. The van der Waals surface area contributed by atoms with Crippen LogP contribution in [-0.4, -0.2) is 70.2 Å². The van der Waals surface area contributed by atoms with Crippen molar-refractivity contribution >= 4 is 10.0 Å². The fourth-order valence-corrected chi connectivity index (χ4v) is 7.92. The number of benzene rings is 3. The quantitative estimate of drug-likeness (QED) is 0.415. The van der Waals surface area contributed by atoms with Gasteiger partial charge in [0.15, 0.2) is 0 Å². The van der Waals surface area contributed by atoms with E-state index >= 15 is 0 Å². The first-order valence-corrected chi connectivity index (χ1v) is 14.8. The number of methoxy groups -OCH3 is 2. The molecule has 0 saturated carbocycles. The Morgan fingerprint density at radius 1 is 0.921 bits per heavy atom. The SMILES string of the molecule is COCC1C(c2ccc(-c3cc(C)ccc3OC)cc2)C2CN(S(=O)(=O)c3ccccc3C)CCCCN12. The zero-order chi connectivity index (χ0) is 26.9. The molecule has 6 nitrogen and oxygen atoms in total. The van der Waals surface area contributed by atoms with Crippen molar-refractivity contribution in [1.82, 2.24) is 9.21 Å². The standard InChI is InChI=1S/C31H38N2O4S/c1-22-11-16-29(37-4)26(19-22)24-12-14-25(15-13-24)31-27-20-32(17-7-8-18-33(27)28(31)21-36-3)38(34,35)30-10-6-5-9-23(30)2/h5-6,9-16,19,27-28,31H,7-8,17-18,20-21H2,1-4H3. The Labute approximate surface area is 227 Å². The van der Waals surface area contributed by atoms with Crippen LogP contribution in [0.5, 0.6) is 5.75 Å². The summed E-state index contributed by atoms with van der Waals surface area (Å²) in [5.41, 5.74) is 5.37. The second-order valence-electron chi connectivity index (χ2n) is 10.5. The molecule has 2 aliphatic rings. The van der Waals surface area contributed by atoms with Gasteiger partial charge in [-0.05, 0) is 68.1 Å². The molecule has 2 fully saturated rings. The first-order chi connectivity index (χ1) is 18.3. The average molecular weight is 535 g/mol. The van der Waals surface area contributed by atoms with Crippen LogP contribution in [0.15, 0.2) is 71.6 Å². The van der Waals surface area contributed by atoms with Crippen molar-refractivity contribution in [3.05, 3.63) is 83.4 Å². The van der Waals surface area contributed by atoms with Crippen LogP contribution >= 0.6 is 0 Å². The number of fused-ring (bicyclic) bond motifs is 1. The third kappa shape index (κ3) is 5.00. The number of hydrogen-bond acceptors (Lipinski definition) is 5. The van der Waals surface area contributed by atoms with E-state index < -0.39 is 10.0 Å². The normalized spacial score (nSPS) is 22.7. The van der Waals surface area contributed by atoms with Gasteiger partial charge in [0.2, 0.25) is 10.0 Å². The molecule has 0 bridgehead atoms. The average Bonchev–Trinajstić information content (AvgIpc) is 2.90. The van der Waals surface area contributed by atoms with Crippen LogP contribution in [0.1, 0.15) is 35.4 Å². The van der Waals surface area contributed by atoms with Gasteiger partial charge in [-0.2, -0.15) is 4.31 Å². The monoisotopic (exact) mass is 534 g/mol. The summed E-state index contributed by atoms with van der Waals surface area (Å²) in [6.07, 6.45) is 1.82. The number of aryl methyl sites for hydroxylation is 2. The Morgan fingerprint density at radius 2 is 1.66 bits per heavy atom. The molecule has 3 atom stereocenters. The van der Waals surface area contributed by atoms with Gasteiger partial charge in [0.05, 0.1) is 18.6 Å². The summed E-state index contributed by atoms with van der Waals surface area (Å²) in [5, 5.41) is 0. The Hall–Kier alpha value is -2.71. The summed E-state index contributed by atoms with van der Waals surface area (Å²) in [4.78, 5) is 2.87. The molecule has 0 aliphatic carbocycles. The molecule has 2 saturated heterocycles. The van der Waals surface area contributed by atoms with Crippen LogP contribution in [0.3, 0.4) is 0 Å². The summed E-state index contributed by atoms with van der Waals surface area (Å²) >= 11 is 0. The number of ether oxygens (including phenoxy) is 2. The first kappa shape index (κ1) is 26.9. The highest BCUT2D eigenvalue weighted by Gasteiger charge is 2.50. The van der Waals surface area contributed by atoms with Crippen LogP contribution in [-0.2, 0) is 14.8 Å². The van der Waals surface area contributed by atoms with E-state index in [-0.39, 0.29) is 18.0 Å². The Morgan fingerprint density at radius 3 is 2.37 bits per heavy atom. The number of nitrogens with zero attached hydrogens (tertiary/aromatic N) is 2. The maximum absolute atomic E-state index is 13.8. The van der Waals surface area contributed by atoms with E-state index in [1.54, 1.807) is 24.6 Å². The molecule has 202 valence electrons. The van der Waals surface area contributed by atoms with Crippen LogP contribution in [0.25, 0.3) is 11.1 Å². The third-order valence-electron chi connectivity index (χ3n) is 8.16. The van der Waals surface area contributed by atoms with Gasteiger partial charge >= 0.3 is 0 Å². The van der Waals surface area contributed by atoms with Crippen molar-refractivity contribution in [2.45, 2.75) is 49.6 Å². The maximum Gasteiger partial charge on any atom is 0.243 e. The van der Waals surface area contributed by atoms with Crippen molar-refractivity contribution in [3.63, 3.8) is 0 Å². The van der Waals surface area contributed by atoms with E-state index in [1.165, 1.54) is 11.1 Å². The molecule has 0 aromatic heterocycles. The predicted molar refractivity (Wildman–Crippen MR) is 151 cm³/mol. The molecule has 2 aliphatic heterocycles. The highest BCUT2D eigenvalue weighted by molar-refractivity contribution is 7.89. The molecule has 0 amide bonds. The number of rotatable bonds is 7. The summed E-state index contributed by atoms with van der Waals surface area (Å²) in [5.74, 6) is 1.04. The predicted octanol–water partition coefficient (Wildman–Crippen LogP) is 5.25. The van der Waals surface area contributed by atoms with E-state index in [0.29, 0.717) is 24.6 Å². The lowest BCUT2D eigenvalue weighted by atomic mass is 9.74. The lowest BCUT2D eigenvalue weighted by Crippen LogP contribution is -2.68. The fourth-order valence-electron chi connectivity index (χ4n) is 6.20. The molecular weight excluding hydrogens is 496 g/mol. The van der Waals surface area contributed by atoms with E-state index in [2.05, 4.69) is 48.2 Å². The summed E-state index contributed by atoms with van der Waals surface area (Å²) in [6, 6.07) is 22.5. The second-order valence-corrected chi connectivity index (χ2v) is 12.4. The smallest absolute Gasteiger partial charge is 0.243 e. The van der Waals surface area contributed by atoms with Crippen molar-refractivity contribution < 1.29 is 17.9 Å². The summed E-state index contributed by atoms with van der Waals surface area (Å²) in [6.45, 7) is 6.57. The lowest BCUT2D eigenvalue weighted by molar-refractivity contribution is -0.0635. The van der Waals surface area contributed by atoms with Gasteiger partial charge in [0.1, 0.15) is 5.75 Å². The van der Waals surface area contributed by atoms with Gasteiger partial charge in [-0.1, -0.05) is 54.1 Å². The van der Waals surface area contributed by atoms with E-state index in [4.69, 9.17) is 9.47 Å². The molecule has 3 unspecified atom stereocenters. The first-order valence-electron chi connectivity index (χ1n) is 13.4. The highest BCUT2D eigenvalue weighted by Crippen LogP contribution is 2.43. The summed E-state index contributed by atoms with van der Waals surface area (Å²) < 4.78 is 40.5. The second kappa shape index (κ2) is 11.2. The molecule has 5 rings (SSSR count). The molecule has 3 aromatic carbocycles. The molecule has 38 heavy (non-hydrogen) atoms. The number of hydrogen-bond donors (Lipinski definition) is 0. The molecule has 0 radical (unpaired) electrons. The lowest BCUT2D eigenvalue weighted by Gasteiger charge is -2.57. The molecule has 3 aromatic rings. The fraction of sp³-hybridized carbons (Fsp3) is 0.419. The highest BCUT2D eigenvalue weighted by atomic mass is 32.2. The minimum atomic E-state index is -3.58. The van der Waals surface area contributed by atoms with Crippen LogP contribution in [0.4, 0.5) is 0 Å². The Bertz CT molecular complexity index is 1370. The van der Waals surface area contributed by atoms with E-state index in [9.17, 15) is 8.42 Å². The molecule has 2 heterocycles.